The van der Waals surface area contributed by atoms with E-state index in [0.717, 1.165) is 17.7 Å². The molecule has 1 aromatic carbocycles. The first-order valence-corrected chi connectivity index (χ1v) is 7.69. The van der Waals surface area contributed by atoms with Gasteiger partial charge < -0.3 is 9.84 Å². The highest BCUT2D eigenvalue weighted by molar-refractivity contribution is 5.40. The summed E-state index contributed by atoms with van der Waals surface area (Å²) in [5.74, 6) is 1.53. The molecule has 1 aromatic rings. The Kier molecular flexibility index (Phi) is 3.79. The lowest BCUT2D eigenvalue weighted by molar-refractivity contribution is 0.0296. The first kappa shape index (κ1) is 13.0. The minimum Gasteiger partial charge on any atom is -0.490 e. The molecule has 2 heteroatoms. The lowest BCUT2D eigenvalue weighted by Gasteiger charge is -2.34. The van der Waals surface area contributed by atoms with Gasteiger partial charge in [-0.3, -0.25) is 0 Å². The van der Waals surface area contributed by atoms with Gasteiger partial charge in [-0.15, -0.1) is 0 Å². The van der Waals surface area contributed by atoms with Crippen LogP contribution in [0.5, 0.6) is 5.75 Å². The molecule has 3 rings (SSSR count). The first-order chi connectivity index (χ1) is 9.24. The van der Waals surface area contributed by atoms with Crippen LogP contribution in [0.25, 0.3) is 0 Å². The molecule has 1 heterocycles. The van der Waals surface area contributed by atoms with E-state index in [-0.39, 0.29) is 12.2 Å². The summed E-state index contributed by atoms with van der Waals surface area (Å²) in [6.07, 6.45) is 8.52. The maximum Gasteiger partial charge on any atom is 0.125 e. The third-order valence-electron chi connectivity index (χ3n) is 4.68. The summed E-state index contributed by atoms with van der Waals surface area (Å²) in [5.41, 5.74) is 2.17. The number of fused-ring (bicyclic) bond motifs is 1. The number of hydrogen-bond acceptors (Lipinski definition) is 2. The summed E-state index contributed by atoms with van der Waals surface area (Å²) >= 11 is 0. The van der Waals surface area contributed by atoms with Gasteiger partial charge in [0, 0.05) is 12.0 Å². The van der Waals surface area contributed by atoms with E-state index in [2.05, 4.69) is 19.1 Å². The van der Waals surface area contributed by atoms with E-state index in [4.69, 9.17) is 4.74 Å². The Labute approximate surface area is 115 Å². The second-order valence-corrected chi connectivity index (χ2v) is 6.20. The number of benzene rings is 1. The molecule has 1 N–H and O–H groups in total. The quantitative estimate of drug-likeness (QED) is 0.769. The van der Waals surface area contributed by atoms with Gasteiger partial charge in [0.1, 0.15) is 11.9 Å². The largest absolute Gasteiger partial charge is 0.490 e. The van der Waals surface area contributed by atoms with E-state index in [0.29, 0.717) is 5.92 Å². The molecule has 2 nitrogen and oxygen atoms in total. The number of rotatable bonds is 1. The van der Waals surface area contributed by atoms with Crippen LogP contribution in [0.4, 0.5) is 0 Å². The standard InChI is InChI=1S/C17H24O2/c1-12-8-9-16-14(10-12)15(18)11-17(19-16)13-6-4-2-3-5-7-13/h8-10,13,15,17-18H,2-7,11H2,1H3/t15-,17?/m1/s1. The topological polar surface area (TPSA) is 29.5 Å². The van der Waals surface area contributed by atoms with Crippen LogP contribution < -0.4 is 4.74 Å². The van der Waals surface area contributed by atoms with E-state index in [1.54, 1.807) is 0 Å². The van der Waals surface area contributed by atoms with E-state index in [9.17, 15) is 5.11 Å². The summed E-state index contributed by atoms with van der Waals surface area (Å²) in [6.45, 7) is 2.06. The van der Waals surface area contributed by atoms with Crippen molar-refractivity contribution in [1.82, 2.24) is 0 Å². The second-order valence-electron chi connectivity index (χ2n) is 6.20. The second kappa shape index (κ2) is 5.54. The zero-order valence-corrected chi connectivity index (χ0v) is 11.8. The van der Waals surface area contributed by atoms with Crippen molar-refractivity contribution in [2.24, 2.45) is 5.92 Å². The van der Waals surface area contributed by atoms with E-state index in [1.807, 2.05) is 6.07 Å². The predicted molar refractivity (Wildman–Crippen MR) is 76.4 cm³/mol. The van der Waals surface area contributed by atoms with Gasteiger partial charge in [-0.2, -0.15) is 0 Å². The van der Waals surface area contributed by atoms with Gasteiger partial charge in [-0.1, -0.05) is 37.3 Å². The van der Waals surface area contributed by atoms with Crippen LogP contribution in [0.3, 0.4) is 0 Å². The lowest BCUT2D eigenvalue weighted by atomic mass is 9.86. The highest BCUT2D eigenvalue weighted by Crippen LogP contribution is 2.40. The van der Waals surface area contributed by atoms with Crippen molar-refractivity contribution >= 4 is 0 Å². The van der Waals surface area contributed by atoms with Crippen LogP contribution in [0.15, 0.2) is 18.2 Å². The van der Waals surface area contributed by atoms with Crippen LogP contribution in [-0.4, -0.2) is 11.2 Å². The van der Waals surface area contributed by atoms with Crippen molar-refractivity contribution in [3.8, 4) is 5.75 Å². The van der Waals surface area contributed by atoms with Gasteiger partial charge >= 0.3 is 0 Å². The van der Waals surface area contributed by atoms with Gasteiger partial charge in [0.15, 0.2) is 0 Å². The van der Waals surface area contributed by atoms with Crippen LogP contribution in [0, 0.1) is 12.8 Å². The molecular formula is C17H24O2. The molecule has 19 heavy (non-hydrogen) atoms. The van der Waals surface area contributed by atoms with Gasteiger partial charge in [0.2, 0.25) is 0 Å². The highest BCUT2D eigenvalue weighted by Gasteiger charge is 2.32. The van der Waals surface area contributed by atoms with E-state index < -0.39 is 0 Å². The Morgan fingerprint density at radius 3 is 2.58 bits per heavy atom. The van der Waals surface area contributed by atoms with Crippen molar-refractivity contribution in [3.05, 3.63) is 29.3 Å². The Hall–Kier alpha value is -1.02. The molecule has 2 atom stereocenters. The predicted octanol–water partition coefficient (Wildman–Crippen LogP) is 4.15. The van der Waals surface area contributed by atoms with Crippen molar-refractivity contribution < 1.29 is 9.84 Å². The highest BCUT2D eigenvalue weighted by atomic mass is 16.5. The molecule has 1 aliphatic carbocycles. The van der Waals surface area contributed by atoms with Crippen LogP contribution in [0.1, 0.15) is 62.2 Å². The molecule has 0 aromatic heterocycles. The summed E-state index contributed by atoms with van der Waals surface area (Å²) in [7, 11) is 0. The normalized spacial score (nSPS) is 28.3. The van der Waals surface area contributed by atoms with Crippen molar-refractivity contribution in [1.29, 1.82) is 0 Å². The molecule has 2 aliphatic rings. The molecule has 0 spiro atoms. The fourth-order valence-corrected chi connectivity index (χ4v) is 3.57. The van der Waals surface area contributed by atoms with E-state index in [1.165, 1.54) is 44.1 Å². The van der Waals surface area contributed by atoms with Crippen molar-refractivity contribution in [2.45, 2.75) is 64.1 Å². The molecule has 0 bridgehead atoms. The smallest absolute Gasteiger partial charge is 0.125 e. The monoisotopic (exact) mass is 260 g/mol. The Morgan fingerprint density at radius 1 is 1.11 bits per heavy atom. The number of hydrogen-bond donors (Lipinski definition) is 1. The maximum absolute atomic E-state index is 10.4. The average molecular weight is 260 g/mol. The first-order valence-electron chi connectivity index (χ1n) is 7.69. The third-order valence-corrected chi connectivity index (χ3v) is 4.68. The van der Waals surface area contributed by atoms with Crippen molar-refractivity contribution in [3.63, 3.8) is 0 Å². The maximum atomic E-state index is 10.4. The minimum absolute atomic E-state index is 0.211. The third kappa shape index (κ3) is 2.79. The summed E-state index contributed by atoms with van der Waals surface area (Å²) < 4.78 is 6.19. The van der Waals surface area contributed by atoms with Gasteiger partial charge in [0.05, 0.1) is 6.10 Å². The van der Waals surface area contributed by atoms with Gasteiger partial charge in [-0.05, 0) is 37.8 Å². The average Bonchev–Trinajstić information content (AvgIpc) is 2.68. The fraction of sp³-hybridized carbons (Fsp3) is 0.647. The number of aliphatic hydroxyl groups excluding tert-OH is 1. The van der Waals surface area contributed by atoms with Crippen LogP contribution in [-0.2, 0) is 0 Å². The Bertz CT molecular complexity index is 433. The Morgan fingerprint density at radius 2 is 1.84 bits per heavy atom. The molecule has 1 aliphatic heterocycles. The number of aryl methyl sites for hydroxylation is 1. The SMILES string of the molecule is Cc1ccc2c(c1)[C@H](O)CC(C1CCCCCC1)O2. The van der Waals surface area contributed by atoms with Gasteiger partial charge in [0.25, 0.3) is 0 Å². The summed E-state index contributed by atoms with van der Waals surface area (Å²) in [5, 5.41) is 10.4. The van der Waals surface area contributed by atoms with Crippen LogP contribution >= 0.6 is 0 Å². The summed E-state index contributed by atoms with van der Waals surface area (Å²) in [4.78, 5) is 0. The molecule has 104 valence electrons. The fourth-order valence-electron chi connectivity index (χ4n) is 3.57. The number of aliphatic hydroxyl groups is 1. The molecule has 1 unspecified atom stereocenters. The van der Waals surface area contributed by atoms with Crippen LogP contribution in [0.2, 0.25) is 0 Å². The molecule has 1 fully saturated rings. The molecule has 0 amide bonds. The zero-order chi connectivity index (χ0) is 13.2. The van der Waals surface area contributed by atoms with Crippen molar-refractivity contribution in [2.75, 3.05) is 0 Å². The van der Waals surface area contributed by atoms with E-state index >= 15 is 0 Å². The molecular weight excluding hydrogens is 236 g/mol. The Balaban J connectivity index is 1.78. The van der Waals surface area contributed by atoms with Gasteiger partial charge in [-0.25, -0.2) is 0 Å². The lowest BCUT2D eigenvalue weighted by Crippen LogP contribution is -2.32. The molecule has 0 radical (unpaired) electrons. The minimum atomic E-state index is -0.350. The molecule has 1 saturated carbocycles. The number of ether oxygens (including phenoxy) is 1. The molecule has 0 saturated heterocycles. The summed E-state index contributed by atoms with van der Waals surface area (Å²) in [6, 6.07) is 6.15. The zero-order valence-electron chi connectivity index (χ0n) is 11.8.